The standard InChI is InChI=1S/C11H18N2/c1-2-3-4-7-11(12)10-6-5-8-13-9-10/h5-6,8-9,11H,2-4,7,12H2,1H3. The van der Waals surface area contributed by atoms with Crippen LogP contribution in [0.25, 0.3) is 0 Å². The highest BCUT2D eigenvalue weighted by Crippen LogP contribution is 2.15. The first kappa shape index (κ1) is 10.2. The van der Waals surface area contributed by atoms with Crippen LogP contribution in [0.1, 0.15) is 44.2 Å². The van der Waals surface area contributed by atoms with Crippen molar-refractivity contribution in [3.63, 3.8) is 0 Å². The molecule has 2 heteroatoms. The van der Waals surface area contributed by atoms with Crippen molar-refractivity contribution in [2.75, 3.05) is 0 Å². The second-order valence-corrected chi connectivity index (χ2v) is 3.39. The smallest absolute Gasteiger partial charge is 0.0315 e. The van der Waals surface area contributed by atoms with Crippen LogP contribution in [0.3, 0.4) is 0 Å². The van der Waals surface area contributed by atoms with E-state index in [9.17, 15) is 0 Å². The van der Waals surface area contributed by atoms with Crippen LogP contribution < -0.4 is 5.73 Å². The van der Waals surface area contributed by atoms with E-state index in [0.717, 1.165) is 12.0 Å². The molecule has 1 rings (SSSR count). The lowest BCUT2D eigenvalue weighted by Gasteiger charge is -2.10. The number of aromatic nitrogens is 1. The van der Waals surface area contributed by atoms with Crippen molar-refractivity contribution in [2.24, 2.45) is 5.73 Å². The molecular weight excluding hydrogens is 160 g/mol. The Morgan fingerprint density at radius 2 is 2.31 bits per heavy atom. The maximum Gasteiger partial charge on any atom is 0.0315 e. The van der Waals surface area contributed by atoms with Crippen LogP contribution in [0.15, 0.2) is 24.5 Å². The van der Waals surface area contributed by atoms with Gasteiger partial charge in [0.2, 0.25) is 0 Å². The third kappa shape index (κ3) is 3.55. The molecule has 1 atom stereocenters. The van der Waals surface area contributed by atoms with Crippen molar-refractivity contribution in [1.29, 1.82) is 0 Å². The van der Waals surface area contributed by atoms with Crippen LogP contribution in [0.5, 0.6) is 0 Å². The number of unbranched alkanes of at least 4 members (excludes halogenated alkanes) is 2. The van der Waals surface area contributed by atoms with Gasteiger partial charge in [0.05, 0.1) is 0 Å². The monoisotopic (exact) mass is 178 g/mol. The van der Waals surface area contributed by atoms with E-state index in [1.165, 1.54) is 19.3 Å². The molecule has 0 aliphatic heterocycles. The fourth-order valence-electron chi connectivity index (χ4n) is 1.38. The van der Waals surface area contributed by atoms with E-state index in [1.807, 2.05) is 18.3 Å². The Bertz CT molecular complexity index is 221. The lowest BCUT2D eigenvalue weighted by Crippen LogP contribution is -2.10. The highest BCUT2D eigenvalue weighted by Gasteiger charge is 2.03. The molecule has 0 saturated carbocycles. The predicted octanol–water partition coefficient (Wildman–Crippen LogP) is 2.66. The summed E-state index contributed by atoms with van der Waals surface area (Å²) in [5, 5.41) is 0. The van der Waals surface area contributed by atoms with Gasteiger partial charge in [0.25, 0.3) is 0 Å². The van der Waals surface area contributed by atoms with E-state index in [-0.39, 0.29) is 6.04 Å². The second-order valence-electron chi connectivity index (χ2n) is 3.39. The molecular formula is C11H18N2. The Hall–Kier alpha value is -0.890. The fourth-order valence-corrected chi connectivity index (χ4v) is 1.38. The summed E-state index contributed by atoms with van der Waals surface area (Å²) >= 11 is 0. The molecule has 0 aromatic carbocycles. The molecule has 0 saturated heterocycles. The van der Waals surface area contributed by atoms with Crippen molar-refractivity contribution in [1.82, 2.24) is 4.98 Å². The predicted molar refractivity (Wildman–Crippen MR) is 55.3 cm³/mol. The summed E-state index contributed by atoms with van der Waals surface area (Å²) in [5.74, 6) is 0. The summed E-state index contributed by atoms with van der Waals surface area (Å²) in [6.45, 7) is 2.20. The van der Waals surface area contributed by atoms with Crippen LogP contribution in [0.4, 0.5) is 0 Å². The molecule has 0 fully saturated rings. The zero-order valence-corrected chi connectivity index (χ0v) is 8.24. The fraction of sp³-hybridized carbons (Fsp3) is 0.545. The quantitative estimate of drug-likeness (QED) is 0.704. The number of rotatable bonds is 5. The van der Waals surface area contributed by atoms with E-state index in [4.69, 9.17) is 5.73 Å². The van der Waals surface area contributed by atoms with E-state index in [1.54, 1.807) is 6.20 Å². The SMILES string of the molecule is CCCCCC(N)c1cccnc1. The summed E-state index contributed by atoms with van der Waals surface area (Å²) in [7, 11) is 0. The molecule has 0 spiro atoms. The number of hydrogen-bond donors (Lipinski definition) is 1. The summed E-state index contributed by atoms with van der Waals surface area (Å²) < 4.78 is 0. The molecule has 0 aliphatic carbocycles. The largest absolute Gasteiger partial charge is 0.324 e. The first-order valence-electron chi connectivity index (χ1n) is 5.00. The van der Waals surface area contributed by atoms with Crippen molar-refractivity contribution in [3.05, 3.63) is 30.1 Å². The van der Waals surface area contributed by atoms with Gasteiger partial charge in [0.15, 0.2) is 0 Å². The lowest BCUT2D eigenvalue weighted by molar-refractivity contribution is 0.580. The number of nitrogens with two attached hydrogens (primary N) is 1. The number of nitrogens with zero attached hydrogens (tertiary/aromatic N) is 1. The van der Waals surface area contributed by atoms with E-state index >= 15 is 0 Å². The van der Waals surface area contributed by atoms with Gasteiger partial charge in [-0.2, -0.15) is 0 Å². The first-order chi connectivity index (χ1) is 6.34. The zero-order valence-electron chi connectivity index (χ0n) is 8.24. The van der Waals surface area contributed by atoms with Gasteiger partial charge in [-0.1, -0.05) is 32.3 Å². The molecule has 0 amide bonds. The Kier molecular flexibility index (Phi) is 4.47. The van der Waals surface area contributed by atoms with Crippen LogP contribution in [0, 0.1) is 0 Å². The van der Waals surface area contributed by atoms with E-state index in [0.29, 0.717) is 0 Å². The summed E-state index contributed by atoms with van der Waals surface area (Å²) in [5.41, 5.74) is 7.15. The van der Waals surface area contributed by atoms with Crippen LogP contribution in [-0.2, 0) is 0 Å². The highest BCUT2D eigenvalue weighted by atomic mass is 14.7. The van der Waals surface area contributed by atoms with Crippen LogP contribution >= 0.6 is 0 Å². The van der Waals surface area contributed by atoms with Crippen LogP contribution in [0.2, 0.25) is 0 Å². The molecule has 1 aromatic heterocycles. The van der Waals surface area contributed by atoms with Gasteiger partial charge < -0.3 is 5.73 Å². The van der Waals surface area contributed by atoms with Crippen molar-refractivity contribution >= 4 is 0 Å². The summed E-state index contributed by atoms with van der Waals surface area (Å²) in [4.78, 5) is 4.05. The first-order valence-corrected chi connectivity index (χ1v) is 5.00. The maximum atomic E-state index is 6.00. The molecule has 72 valence electrons. The average Bonchev–Trinajstić information content (AvgIpc) is 2.19. The molecule has 2 nitrogen and oxygen atoms in total. The second kappa shape index (κ2) is 5.70. The van der Waals surface area contributed by atoms with Gasteiger partial charge in [-0.25, -0.2) is 0 Å². The normalized spacial score (nSPS) is 12.8. The minimum absolute atomic E-state index is 0.167. The minimum atomic E-state index is 0.167. The van der Waals surface area contributed by atoms with Crippen molar-refractivity contribution in [2.45, 2.75) is 38.6 Å². The molecule has 0 bridgehead atoms. The topological polar surface area (TPSA) is 38.9 Å². The lowest BCUT2D eigenvalue weighted by atomic mass is 10.0. The van der Waals surface area contributed by atoms with Gasteiger partial charge in [-0.3, -0.25) is 4.98 Å². The molecule has 1 unspecified atom stereocenters. The molecule has 2 N–H and O–H groups in total. The molecule has 13 heavy (non-hydrogen) atoms. The third-order valence-corrected chi connectivity index (χ3v) is 2.23. The van der Waals surface area contributed by atoms with E-state index in [2.05, 4.69) is 11.9 Å². The summed E-state index contributed by atoms with van der Waals surface area (Å²) in [6.07, 6.45) is 8.44. The summed E-state index contributed by atoms with van der Waals surface area (Å²) in [6, 6.07) is 4.15. The Morgan fingerprint density at radius 1 is 1.46 bits per heavy atom. The maximum absolute atomic E-state index is 6.00. The van der Waals surface area contributed by atoms with Crippen LogP contribution in [-0.4, -0.2) is 4.98 Å². The Morgan fingerprint density at radius 3 is 2.92 bits per heavy atom. The highest BCUT2D eigenvalue weighted by molar-refractivity contribution is 5.12. The Balaban J connectivity index is 2.35. The van der Waals surface area contributed by atoms with E-state index < -0.39 is 0 Å². The van der Waals surface area contributed by atoms with Gasteiger partial charge in [0.1, 0.15) is 0 Å². The Labute approximate surface area is 80.2 Å². The van der Waals surface area contributed by atoms with Crippen molar-refractivity contribution < 1.29 is 0 Å². The molecule has 1 heterocycles. The zero-order chi connectivity index (χ0) is 9.52. The minimum Gasteiger partial charge on any atom is -0.324 e. The number of hydrogen-bond acceptors (Lipinski definition) is 2. The van der Waals surface area contributed by atoms with Gasteiger partial charge in [-0.05, 0) is 18.1 Å². The molecule has 0 radical (unpaired) electrons. The number of pyridine rings is 1. The molecule has 0 aliphatic rings. The van der Waals surface area contributed by atoms with Gasteiger partial charge >= 0.3 is 0 Å². The third-order valence-electron chi connectivity index (χ3n) is 2.23. The van der Waals surface area contributed by atoms with Crippen molar-refractivity contribution in [3.8, 4) is 0 Å². The molecule has 1 aromatic rings. The van der Waals surface area contributed by atoms with Gasteiger partial charge in [-0.15, -0.1) is 0 Å². The average molecular weight is 178 g/mol. The van der Waals surface area contributed by atoms with Gasteiger partial charge in [0, 0.05) is 18.4 Å².